The molecule has 6 nitrogen and oxygen atoms in total. The zero-order valence-electron chi connectivity index (χ0n) is 17.7. The molecule has 0 saturated carbocycles. The van der Waals surface area contributed by atoms with Gasteiger partial charge < -0.3 is 0 Å². The van der Waals surface area contributed by atoms with Gasteiger partial charge in [-0.3, -0.25) is 9.59 Å². The summed E-state index contributed by atoms with van der Waals surface area (Å²) in [5.74, 6) is -0.245. The Bertz CT molecular complexity index is 1260. The number of thiol groups is 4. The van der Waals surface area contributed by atoms with Crippen LogP contribution < -0.4 is 0 Å². The summed E-state index contributed by atoms with van der Waals surface area (Å²) in [6, 6.07) is 0. The number of thiocarbonyl (C=S) groups is 4. The fourth-order valence-corrected chi connectivity index (χ4v) is 12.4. The van der Waals surface area contributed by atoms with Crippen molar-refractivity contribution < 1.29 is 9.59 Å². The van der Waals surface area contributed by atoms with Gasteiger partial charge in [-0.2, -0.15) is 0 Å². The first-order chi connectivity index (χ1) is 16.9. The van der Waals surface area contributed by atoms with Crippen LogP contribution >= 0.6 is 147 Å². The van der Waals surface area contributed by atoms with Gasteiger partial charge in [-0.05, 0) is 65.1 Å². The minimum absolute atomic E-state index is 0.122. The molecule has 2 fully saturated rings. The highest BCUT2D eigenvalue weighted by Crippen LogP contribution is 2.64. The van der Waals surface area contributed by atoms with Crippen LogP contribution in [0.2, 0.25) is 0 Å². The van der Waals surface area contributed by atoms with Crippen molar-refractivity contribution in [1.29, 1.82) is 0 Å². The molecular formula is C18H10N4O2S12. The second kappa shape index (κ2) is 10.1. The predicted molar refractivity (Wildman–Crippen MR) is 178 cm³/mol. The molecule has 4 aliphatic heterocycles. The van der Waals surface area contributed by atoms with E-state index < -0.39 is 0 Å². The molecule has 0 spiro atoms. The summed E-state index contributed by atoms with van der Waals surface area (Å²) < 4.78 is 7.03. The van der Waals surface area contributed by atoms with Crippen molar-refractivity contribution in [3.05, 3.63) is 30.7 Å². The number of hydrazine groups is 2. The predicted octanol–water partition coefficient (Wildman–Crippen LogP) is 6.66. The highest BCUT2D eigenvalue weighted by atomic mass is 32.2. The van der Waals surface area contributed by atoms with Gasteiger partial charge in [0.15, 0.2) is 11.6 Å². The van der Waals surface area contributed by atoms with Crippen molar-refractivity contribution in [3.63, 3.8) is 0 Å². The Labute approximate surface area is 267 Å². The van der Waals surface area contributed by atoms with Crippen molar-refractivity contribution in [2.75, 3.05) is 0 Å². The molecule has 2 saturated heterocycles. The molecule has 4 aliphatic rings. The lowest BCUT2D eigenvalue weighted by atomic mass is 10.1. The first kappa shape index (κ1) is 27.9. The fourth-order valence-electron chi connectivity index (χ4n) is 3.58. The average molecular weight is 699 g/mol. The van der Waals surface area contributed by atoms with Crippen LogP contribution in [0.3, 0.4) is 0 Å². The SMILES string of the molecule is CC(=O)c1c2c(c(C(C)=O)c3c1SC(=C1C(=S)N(S)N(S)C1=S)S3)SC(=C1C(=S)N(S)N(S)C1=S)S2. The third-order valence-corrected chi connectivity index (χ3v) is 14.3. The van der Waals surface area contributed by atoms with Gasteiger partial charge in [0, 0.05) is 30.7 Å². The number of carbonyl (C=O) groups is 2. The lowest BCUT2D eigenvalue weighted by Crippen LogP contribution is -2.23. The monoisotopic (exact) mass is 698 g/mol. The smallest absolute Gasteiger partial charge is 0.162 e. The quantitative estimate of drug-likeness (QED) is 0.115. The fraction of sp³-hybridized carbons (Fsp3) is 0.111. The van der Waals surface area contributed by atoms with E-state index in [0.29, 0.717) is 61.8 Å². The maximum absolute atomic E-state index is 13.0. The minimum Gasteiger partial charge on any atom is -0.294 e. The van der Waals surface area contributed by atoms with E-state index in [1.54, 1.807) is 0 Å². The average Bonchev–Trinajstić information content (AvgIpc) is 3.51. The van der Waals surface area contributed by atoms with E-state index in [1.807, 2.05) is 0 Å². The van der Waals surface area contributed by atoms with Crippen LogP contribution in [0.4, 0.5) is 0 Å². The van der Waals surface area contributed by atoms with Gasteiger partial charge in [-0.1, -0.05) is 95.9 Å². The summed E-state index contributed by atoms with van der Waals surface area (Å²) in [6.45, 7) is 3.03. The number of rotatable bonds is 2. The maximum atomic E-state index is 13.0. The maximum Gasteiger partial charge on any atom is 0.162 e. The van der Waals surface area contributed by atoms with Gasteiger partial charge in [0.2, 0.25) is 0 Å². The summed E-state index contributed by atoms with van der Waals surface area (Å²) in [5, 5.41) is 0. The first-order valence-electron chi connectivity index (χ1n) is 9.45. The molecule has 0 aromatic heterocycles. The summed E-state index contributed by atoms with van der Waals surface area (Å²) in [5.41, 5.74) is 2.30. The summed E-state index contributed by atoms with van der Waals surface area (Å²) in [4.78, 5) is 30.4. The zero-order chi connectivity index (χ0) is 26.4. The van der Waals surface area contributed by atoms with E-state index in [9.17, 15) is 9.59 Å². The molecule has 0 atom stereocenters. The highest BCUT2D eigenvalue weighted by molar-refractivity contribution is 8.26. The van der Waals surface area contributed by atoms with Gasteiger partial charge in [0.25, 0.3) is 0 Å². The van der Waals surface area contributed by atoms with Crippen molar-refractivity contribution in [1.82, 2.24) is 17.7 Å². The molecule has 4 heterocycles. The van der Waals surface area contributed by atoms with Gasteiger partial charge in [0.1, 0.15) is 20.0 Å². The highest BCUT2D eigenvalue weighted by Gasteiger charge is 2.43. The van der Waals surface area contributed by atoms with Crippen molar-refractivity contribution in [2.45, 2.75) is 33.4 Å². The molecular weight excluding hydrogens is 689 g/mol. The first-order valence-corrected chi connectivity index (χ1v) is 16.0. The van der Waals surface area contributed by atoms with Gasteiger partial charge >= 0.3 is 0 Å². The van der Waals surface area contributed by atoms with E-state index >= 15 is 0 Å². The molecule has 0 amide bonds. The molecule has 0 aliphatic carbocycles. The number of Topliss-reactive ketones (excluding diaryl/α,β-unsaturated/α-hetero) is 2. The number of ketones is 2. The van der Waals surface area contributed by atoms with Crippen molar-refractivity contribution >= 4 is 179 Å². The number of fused-ring (bicyclic) bond motifs is 2. The Hall–Kier alpha value is 0.400. The van der Waals surface area contributed by atoms with Crippen LogP contribution in [-0.2, 0) is 0 Å². The molecule has 0 radical (unpaired) electrons. The van der Waals surface area contributed by atoms with E-state index in [0.717, 1.165) is 8.47 Å². The second-order valence-electron chi connectivity index (χ2n) is 7.29. The Morgan fingerprint density at radius 2 is 0.778 bits per heavy atom. The lowest BCUT2D eigenvalue weighted by molar-refractivity contribution is 0.0991. The molecule has 186 valence electrons. The number of thioether (sulfide) groups is 4. The van der Waals surface area contributed by atoms with Crippen LogP contribution in [0.15, 0.2) is 39.2 Å². The van der Waals surface area contributed by atoms with Crippen molar-refractivity contribution in [3.8, 4) is 0 Å². The largest absolute Gasteiger partial charge is 0.294 e. The van der Waals surface area contributed by atoms with Crippen LogP contribution in [0.1, 0.15) is 34.6 Å². The van der Waals surface area contributed by atoms with Gasteiger partial charge in [0.05, 0.1) is 19.6 Å². The minimum atomic E-state index is -0.122. The Morgan fingerprint density at radius 1 is 0.556 bits per heavy atom. The molecule has 0 bridgehead atoms. The molecule has 36 heavy (non-hydrogen) atoms. The Balaban J connectivity index is 1.71. The molecule has 5 rings (SSSR count). The molecule has 18 heteroatoms. The van der Waals surface area contributed by atoms with Crippen LogP contribution in [-0.4, -0.2) is 49.2 Å². The third-order valence-electron chi connectivity index (χ3n) is 5.15. The molecule has 1 aromatic carbocycles. The van der Waals surface area contributed by atoms with E-state index in [4.69, 9.17) is 48.9 Å². The van der Waals surface area contributed by atoms with Crippen LogP contribution in [0.5, 0.6) is 0 Å². The standard InChI is InChI=1S/C18H10N4O2S12/c1-3(23)5-9-11(35-17(33-9)7-13(25)19(29)20(30)14(7)26)6(4(2)24)12-10(5)34-18(36-12)8-15(27)21(31)22(32)16(8)28/h29-32H,1-2H3. The lowest BCUT2D eigenvalue weighted by Gasteiger charge is -2.16. The third kappa shape index (κ3) is 4.13. The molecule has 0 N–H and O–H groups in total. The van der Waals surface area contributed by atoms with Gasteiger partial charge in [-0.25, -0.2) is 17.7 Å². The number of hydrogen-bond donors (Lipinski definition) is 4. The Morgan fingerprint density at radius 3 is 0.972 bits per heavy atom. The number of benzene rings is 1. The van der Waals surface area contributed by atoms with E-state index in [2.05, 4.69) is 51.3 Å². The number of hydrogen-bond acceptors (Lipinski definition) is 14. The summed E-state index contributed by atoms with van der Waals surface area (Å²) >= 11 is 45.0. The van der Waals surface area contributed by atoms with Gasteiger partial charge in [-0.15, -0.1) is 0 Å². The van der Waals surface area contributed by atoms with E-state index in [-0.39, 0.29) is 11.6 Å². The molecule has 0 unspecified atom stereocenters. The number of carbonyl (C=O) groups excluding carboxylic acids is 2. The molecule has 1 aromatic rings. The topological polar surface area (TPSA) is 47.1 Å². The number of nitrogens with zero attached hydrogens (tertiary/aromatic N) is 4. The van der Waals surface area contributed by atoms with Crippen LogP contribution in [0.25, 0.3) is 0 Å². The summed E-state index contributed by atoms with van der Waals surface area (Å²) in [7, 11) is 0. The zero-order valence-corrected chi connectivity index (χ0v) is 27.8. The Kier molecular flexibility index (Phi) is 7.84. The second-order valence-corrected chi connectivity index (χ2v) is 15.0. The normalized spacial score (nSPS) is 19.5. The van der Waals surface area contributed by atoms with Crippen LogP contribution in [0, 0.1) is 0 Å². The summed E-state index contributed by atoms with van der Waals surface area (Å²) in [6.07, 6.45) is 0. The van der Waals surface area contributed by atoms with Crippen molar-refractivity contribution in [2.24, 2.45) is 0 Å². The van der Waals surface area contributed by atoms with E-state index in [1.165, 1.54) is 78.6 Å².